The Hall–Kier alpha value is -4.38. The summed E-state index contributed by atoms with van der Waals surface area (Å²) in [5.74, 6) is -3.24. The van der Waals surface area contributed by atoms with Gasteiger partial charge in [0.15, 0.2) is 16.7 Å². The van der Waals surface area contributed by atoms with Crippen LogP contribution < -0.4 is 15.2 Å². The molecule has 8 nitrogen and oxygen atoms in total. The molecule has 0 aliphatic carbocycles. The van der Waals surface area contributed by atoms with Gasteiger partial charge in [0.2, 0.25) is 5.88 Å². The zero-order valence-electron chi connectivity index (χ0n) is 20.0. The number of anilines is 1. The maximum absolute atomic E-state index is 14.5. The summed E-state index contributed by atoms with van der Waals surface area (Å²) in [6, 6.07) is 13.7. The molecule has 37 heavy (non-hydrogen) atoms. The van der Waals surface area contributed by atoms with Gasteiger partial charge in [-0.2, -0.15) is 8.42 Å². The summed E-state index contributed by atoms with van der Waals surface area (Å²) in [5.41, 5.74) is 7.55. The normalized spacial score (nSPS) is 11.3. The number of benzene rings is 2. The Kier molecular flexibility index (Phi) is 6.90. The number of hydrogen-bond acceptors (Lipinski definition) is 7. The van der Waals surface area contributed by atoms with Crippen molar-refractivity contribution in [1.29, 1.82) is 0 Å². The fraction of sp³-hybridized carbons (Fsp3) is 0.115. The molecule has 2 heterocycles. The van der Waals surface area contributed by atoms with Gasteiger partial charge in [0.1, 0.15) is 17.1 Å². The van der Waals surface area contributed by atoms with E-state index in [9.17, 15) is 22.0 Å². The molecular weight excluding hydrogens is 502 g/mol. The highest BCUT2D eigenvalue weighted by Gasteiger charge is 2.25. The molecule has 1 amide bonds. The van der Waals surface area contributed by atoms with Gasteiger partial charge in [0.25, 0.3) is 15.9 Å². The number of pyridine rings is 2. The second kappa shape index (κ2) is 9.94. The lowest BCUT2D eigenvalue weighted by atomic mass is 10.1. The van der Waals surface area contributed by atoms with E-state index in [1.807, 2.05) is 23.8 Å². The van der Waals surface area contributed by atoms with Crippen LogP contribution in [-0.4, -0.2) is 24.3 Å². The molecular formula is C26H26F2N4O4S. The van der Waals surface area contributed by atoms with Gasteiger partial charge in [0, 0.05) is 8.42 Å². The van der Waals surface area contributed by atoms with E-state index in [1.54, 1.807) is 13.8 Å². The van der Waals surface area contributed by atoms with Gasteiger partial charge >= 0.3 is 0 Å². The number of aryl methyl sites for hydroxylation is 3. The molecule has 0 fully saturated rings. The van der Waals surface area contributed by atoms with Crippen molar-refractivity contribution >= 4 is 21.7 Å². The summed E-state index contributed by atoms with van der Waals surface area (Å²) in [4.78, 5) is 21.1. The maximum Gasteiger partial charge on any atom is 0.281 e. The molecule has 0 saturated heterocycles. The molecule has 0 saturated carbocycles. The topological polar surface area (TPSA) is 124 Å². The average molecular weight is 529 g/mol. The van der Waals surface area contributed by atoms with Crippen molar-refractivity contribution in [3.8, 4) is 22.9 Å². The number of nitrogens with zero attached hydrogens (tertiary/aromatic N) is 2. The van der Waals surface area contributed by atoms with Crippen molar-refractivity contribution < 1.29 is 29.6 Å². The summed E-state index contributed by atoms with van der Waals surface area (Å²) in [7, 11) is -4.40. The lowest BCUT2D eigenvalue weighted by Crippen LogP contribution is -2.31. The van der Waals surface area contributed by atoms with Gasteiger partial charge in [0.05, 0.1) is 5.69 Å². The van der Waals surface area contributed by atoms with E-state index in [0.29, 0.717) is 5.75 Å². The number of halogens is 2. The van der Waals surface area contributed by atoms with E-state index in [0.717, 1.165) is 22.8 Å². The van der Waals surface area contributed by atoms with Crippen LogP contribution in [-0.2, 0) is 10.0 Å². The zero-order chi connectivity index (χ0) is 26.9. The summed E-state index contributed by atoms with van der Waals surface area (Å²) >= 11 is 0. The summed E-state index contributed by atoms with van der Waals surface area (Å²) in [6.07, 6.45) is 0. The number of hydrogen-bond donors (Lipinski definition) is 2. The van der Waals surface area contributed by atoms with Crippen molar-refractivity contribution in [2.75, 3.05) is 5.73 Å². The second-order valence-corrected chi connectivity index (χ2v) is 9.95. The highest BCUT2D eigenvalue weighted by atomic mass is 32.2. The SMILES string of the molecule is Cc1cc(C)c(Oc2nc(-c3cccc(F)c3F)ccc2C(=O)NS(=O)(=O)c2cccc(N)n2)c(C)c1.[HH].[HH]. The Balaban J connectivity index is 0.00000267. The molecule has 0 aliphatic rings. The van der Waals surface area contributed by atoms with Gasteiger partial charge in [-0.05, 0) is 68.3 Å². The minimum absolute atomic E-state index is 0. The molecule has 2 aromatic heterocycles. The molecule has 0 radical (unpaired) electrons. The van der Waals surface area contributed by atoms with Crippen molar-refractivity contribution in [3.63, 3.8) is 0 Å². The Morgan fingerprint density at radius 2 is 1.65 bits per heavy atom. The van der Waals surface area contributed by atoms with Crippen LogP contribution in [0.1, 0.15) is 29.9 Å². The largest absolute Gasteiger partial charge is 0.438 e. The van der Waals surface area contributed by atoms with E-state index < -0.39 is 32.6 Å². The summed E-state index contributed by atoms with van der Waals surface area (Å²) in [5, 5.41) is -0.458. The van der Waals surface area contributed by atoms with Gasteiger partial charge in [-0.15, -0.1) is 0 Å². The number of carbonyl (C=O) groups excluding carboxylic acids is 1. The molecule has 4 rings (SSSR count). The second-order valence-electron chi connectivity index (χ2n) is 8.32. The van der Waals surface area contributed by atoms with E-state index in [-0.39, 0.29) is 31.4 Å². The molecule has 0 aliphatic heterocycles. The van der Waals surface area contributed by atoms with Crippen LogP contribution in [0.3, 0.4) is 0 Å². The number of nitrogens with one attached hydrogen (secondary N) is 1. The fourth-order valence-corrected chi connectivity index (χ4v) is 4.72. The number of rotatable bonds is 6. The van der Waals surface area contributed by atoms with Crippen LogP contribution in [0.5, 0.6) is 11.6 Å². The van der Waals surface area contributed by atoms with Crippen LogP contribution in [0, 0.1) is 32.4 Å². The van der Waals surface area contributed by atoms with E-state index in [2.05, 4.69) is 9.97 Å². The molecule has 11 heteroatoms. The molecule has 2 aromatic carbocycles. The lowest BCUT2D eigenvalue weighted by molar-refractivity contribution is 0.0978. The Bertz CT molecular complexity index is 1630. The minimum Gasteiger partial charge on any atom is -0.438 e. The Labute approximate surface area is 215 Å². The first-order chi connectivity index (χ1) is 17.5. The third-order valence-electron chi connectivity index (χ3n) is 5.38. The standard InChI is InChI=1S/C26H22F2N4O4S.2H2/c1-14-12-15(2)24(16(3)13-14)36-26-18(10-11-20(30-26)17-6-4-7-19(27)23(17)28)25(33)32-37(34,35)22-9-5-8-21(29)31-22;;/h4-13H,1-3H3,(H2,29,31)(H,32,33);2*1H. The number of sulfonamides is 1. The maximum atomic E-state index is 14.5. The van der Waals surface area contributed by atoms with Crippen molar-refractivity contribution in [3.05, 3.63) is 94.6 Å². The monoisotopic (exact) mass is 528 g/mol. The van der Waals surface area contributed by atoms with Gasteiger partial charge < -0.3 is 10.5 Å². The van der Waals surface area contributed by atoms with Gasteiger partial charge in [-0.25, -0.2) is 23.5 Å². The van der Waals surface area contributed by atoms with Crippen LogP contribution in [0.4, 0.5) is 14.6 Å². The summed E-state index contributed by atoms with van der Waals surface area (Å²) in [6.45, 7) is 5.49. The smallest absolute Gasteiger partial charge is 0.281 e. The van der Waals surface area contributed by atoms with Crippen LogP contribution in [0.2, 0.25) is 0 Å². The number of aromatic nitrogens is 2. The highest BCUT2D eigenvalue weighted by Crippen LogP contribution is 2.33. The number of nitrogen functional groups attached to an aromatic ring is 1. The molecule has 0 unspecified atom stereocenters. The first-order valence-electron chi connectivity index (χ1n) is 11.0. The fourth-order valence-electron chi connectivity index (χ4n) is 3.78. The molecule has 0 spiro atoms. The number of nitrogens with two attached hydrogens (primary N) is 1. The number of amides is 1. The molecule has 0 atom stereocenters. The van der Waals surface area contributed by atoms with E-state index in [4.69, 9.17) is 10.5 Å². The predicted octanol–water partition coefficient (Wildman–Crippen LogP) is 5.33. The predicted molar refractivity (Wildman–Crippen MR) is 138 cm³/mol. The summed E-state index contributed by atoms with van der Waals surface area (Å²) < 4.78 is 61.8. The van der Waals surface area contributed by atoms with Crippen molar-refractivity contribution in [1.82, 2.24) is 14.7 Å². The number of carbonyl (C=O) groups is 1. The average Bonchev–Trinajstić information content (AvgIpc) is 2.82. The first kappa shape index (κ1) is 25.7. The molecule has 4 aromatic rings. The Morgan fingerprint density at radius 3 is 2.32 bits per heavy atom. The van der Waals surface area contributed by atoms with Crippen LogP contribution >= 0.6 is 0 Å². The number of ether oxygens (including phenoxy) is 1. The lowest BCUT2D eigenvalue weighted by Gasteiger charge is -2.16. The third-order valence-corrected chi connectivity index (χ3v) is 6.62. The van der Waals surface area contributed by atoms with E-state index >= 15 is 0 Å². The van der Waals surface area contributed by atoms with Crippen LogP contribution in [0.25, 0.3) is 11.3 Å². The first-order valence-corrected chi connectivity index (χ1v) is 12.5. The van der Waals surface area contributed by atoms with Crippen molar-refractivity contribution in [2.45, 2.75) is 25.8 Å². The third kappa shape index (κ3) is 5.41. The molecule has 194 valence electrons. The molecule has 0 bridgehead atoms. The molecule has 3 N–H and O–H groups in total. The zero-order valence-corrected chi connectivity index (χ0v) is 20.9. The highest BCUT2D eigenvalue weighted by molar-refractivity contribution is 7.90. The quantitative estimate of drug-likeness (QED) is 0.346. The van der Waals surface area contributed by atoms with Gasteiger partial charge in [-0.1, -0.05) is 29.8 Å². The van der Waals surface area contributed by atoms with Crippen LogP contribution in [0.15, 0.2) is 65.7 Å². The van der Waals surface area contributed by atoms with E-state index in [1.165, 1.54) is 42.5 Å². The minimum atomic E-state index is -4.40. The Morgan fingerprint density at radius 1 is 0.973 bits per heavy atom. The van der Waals surface area contributed by atoms with Gasteiger partial charge in [-0.3, -0.25) is 4.79 Å². The van der Waals surface area contributed by atoms with Crippen molar-refractivity contribution in [2.24, 2.45) is 0 Å².